The van der Waals surface area contributed by atoms with Crippen molar-refractivity contribution < 1.29 is 39.3 Å². The standard InChI is InChI=1S/2C14H20O2.Zn/c2*1-2-3-4-5-6-9-12-10-7-8-11-13(12)14(15)16;/h2*7-8,10-11H,2-6,9H2,1H3,(H,15,16);/q;;+2/p-2. The van der Waals surface area contributed by atoms with E-state index < -0.39 is 11.9 Å². The van der Waals surface area contributed by atoms with Crippen LogP contribution in [0.1, 0.15) is 110 Å². The van der Waals surface area contributed by atoms with Gasteiger partial charge in [-0.2, -0.15) is 0 Å². The van der Waals surface area contributed by atoms with Crippen LogP contribution in [0.5, 0.6) is 0 Å². The average molecular weight is 504 g/mol. The zero-order chi connectivity index (χ0) is 23.6. The number of aryl methyl sites for hydroxylation is 2. The summed E-state index contributed by atoms with van der Waals surface area (Å²) < 4.78 is 0. The Kier molecular flexibility index (Phi) is 18.3. The molecule has 0 amide bonds. The monoisotopic (exact) mass is 502 g/mol. The third-order valence-electron chi connectivity index (χ3n) is 5.57. The van der Waals surface area contributed by atoms with Crippen molar-refractivity contribution in [1.29, 1.82) is 0 Å². The van der Waals surface area contributed by atoms with E-state index in [4.69, 9.17) is 0 Å². The number of carbonyl (C=O) groups excluding carboxylic acids is 2. The summed E-state index contributed by atoms with van der Waals surface area (Å²) in [5.74, 6) is -2.13. The predicted molar refractivity (Wildman–Crippen MR) is 126 cm³/mol. The molecule has 0 aliphatic carbocycles. The number of hydrogen-bond donors (Lipinski definition) is 0. The van der Waals surface area contributed by atoms with E-state index in [2.05, 4.69) is 13.8 Å². The van der Waals surface area contributed by atoms with Crippen LogP contribution in [0.2, 0.25) is 0 Å². The fraction of sp³-hybridized carbons (Fsp3) is 0.500. The van der Waals surface area contributed by atoms with Crippen LogP contribution < -0.4 is 10.2 Å². The Labute approximate surface area is 212 Å². The largest absolute Gasteiger partial charge is 2.00 e. The van der Waals surface area contributed by atoms with Crippen molar-refractivity contribution in [3.05, 3.63) is 70.8 Å². The van der Waals surface area contributed by atoms with E-state index in [1.807, 2.05) is 24.3 Å². The van der Waals surface area contributed by atoms with E-state index in [1.54, 1.807) is 24.3 Å². The molecule has 0 bridgehead atoms. The van der Waals surface area contributed by atoms with Gasteiger partial charge in [-0.15, -0.1) is 0 Å². The number of benzene rings is 2. The molecule has 33 heavy (non-hydrogen) atoms. The number of carbonyl (C=O) groups is 2. The third kappa shape index (κ3) is 13.3. The molecule has 4 nitrogen and oxygen atoms in total. The molecule has 5 heteroatoms. The number of carboxylic acids is 2. The molecule has 0 saturated heterocycles. The Hall–Kier alpha value is -2.00. The van der Waals surface area contributed by atoms with Crippen LogP contribution in [0.15, 0.2) is 48.5 Å². The molecule has 0 fully saturated rings. The Morgan fingerprint density at radius 1 is 0.576 bits per heavy atom. The minimum atomic E-state index is -1.07. The molecule has 0 heterocycles. The van der Waals surface area contributed by atoms with Crippen molar-refractivity contribution in [1.82, 2.24) is 0 Å². The molecule has 0 spiro atoms. The molecule has 0 saturated carbocycles. The maximum atomic E-state index is 10.8. The Morgan fingerprint density at radius 2 is 0.909 bits per heavy atom. The smallest absolute Gasteiger partial charge is 0.545 e. The maximum Gasteiger partial charge on any atom is 2.00 e. The molecule has 2 rings (SSSR count). The van der Waals surface area contributed by atoms with Gasteiger partial charge < -0.3 is 19.8 Å². The summed E-state index contributed by atoms with van der Waals surface area (Å²) in [7, 11) is 0. The molecule has 0 aromatic heterocycles. The molecule has 0 aliphatic heterocycles. The summed E-state index contributed by atoms with van der Waals surface area (Å²) in [6.45, 7) is 4.37. The minimum Gasteiger partial charge on any atom is -0.545 e. The van der Waals surface area contributed by atoms with Crippen molar-refractivity contribution in [3.8, 4) is 0 Å². The van der Waals surface area contributed by atoms with Crippen LogP contribution in [-0.2, 0) is 32.3 Å². The molecule has 176 valence electrons. The van der Waals surface area contributed by atoms with Crippen molar-refractivity contribution >= 4 is 11.9 Å². The molecular formula is C28H38O4Zn. The fourth-order valence-corrected chi connectivity index (χ4v) is 3.71. The number of unbranched alkanes of at least 4 members (excludes halogenated alkanes) is 8. The number of hydrogen-bond acceptors (Lipinski definition) is 4. The molecule has 2 aromatic rings. The van der Waals surface area contributed by atoms with Crippen LogP contribution >= 0.6 is 0 Å². The minimum absolute atomic E-state index is 0. The van der Waals surface area contributed by atoms with Crippen LogP contribution in [0.25, 0.3) is 0 Å². The first kappa shape index (κ1) is 31.0. The predicted octanol–water partition coefficient (Wildman–Crippen LogP) is 5.12. The van der Waals surface area contributed by atoms with Gasteiger partial charge in [0.2, 0.25) is 0 Å². The van der Waals surface area contributed by atoms with Crippen LogP contribution in [0, 0.1) is 0 Å². The van der Waals surface area contributed by atoms with E-state index in [0.717, 1.165) is 36.8 Å². The van der Waals surface area contributed by atoms with Gasteiger partial charge in [-0.1, -0.05) is 114 Å². The summed E-state index contributed by atoms with van der Waals surface area (Å²) >= 11 is 0. The second-order valence-electron chi connectivity index (χ2n) is 8.22. The average Bonchev–Trinajstić information content (AvgIpc) is 2.79. The van der Waals surface area contributed by atoms with E-state index >= 15 is 0 Å². The van der Waals surface area contributed by atoms with Gasteiger partial charge in [0.25, 0.3) is 0 Å². The molecule has 0 radical (unpaired) electrons. The van der Waals surface area contributed by atoms with Crippen LogP contribution in [0.3, 0.4) is 0 Å². The molecule has 2 aromatic carbocycles. The van der Waals surface area contributed by atoms with Gasteiger partial charge in [0.05, 0.1) is 11.9 Å². The first-order chi connectivity index (χ1) is 15.5. The van der Waals surface area contributed by atoms with Crippen LogP contribution in [0.4, 0.5) is 0 Å². The quantitative estimate of drug-likeness (QED) is 0.264. The zero-order valence-corrected chi connectivity index (χ0v) is 23.4. The molecule has 0 aliphatic rings. The first-order valence-electron chi connectivity index (χ1n) is 12.1. The number of carboxylic acid groups (broad SMARTS) is 2. The fourth-order valence-electron chi connectivity index (χ4n) is 3.71. The summed E-state index contributed by atoms with van der Waals surface area (Å²) in [5.41, 5.74) is 2.49. The van der Waals surface area contributed by atoms with Gasteiger partial charge >= 0.3 is 19.5 Å². The van der Waals surface area contributed by atoms with Crippen molar-refractivity contribution in [2.45, 2.75) is 90.9 Å². The summed E-state index contributed by atoms with van der Waals surface area (Å²) in [6.07, 6.45) is 13.6. The second kappa shape index (κ2) is 19.5. The van der Waals surface area contributed by atoms with Gasteiger partial charge in [-0.25, -0.2) is 0 Å². The second-order valence-corrected chi connectivity index (χ2v) is 8.22. The number of rotatable bonds is 14. The molecule has 0 unspecified atom stereocenters. The van der Waals surface area contributed by atoms with Gasteiger partial charge in [0.1, 0.15) is 0 Å². The van der Waals surface area contributed by atoms with Gasteiger partial charge in [-0.3, -0.25) is 0 Å². The Morgan fingerprint density at radius 3 is 1.24 bits per heavy atom. The van der Waals surface area contributed by atoms with Crippen LogP contribution in [-0.4, -0.2) is 11.9 Å². The van der Waals surface area contributed by atoms with Crippen molar-refractivity contribution in [3.63, 3.8) is 0 Å². The summed E-state index contributed by atoms with van der Waals surface area (Å²) in [6, 6.07) is 14.3. The van der Waals surface area contributed by atoms with Crippen molar-refractivity contribution in [2.75, 3.05) is 0 Å². The Balaban J connectivity index is 0.000000602. The topological polar surface area (TPSA) is 80.3 Å². The molecule has 0 N–H and O–H groups in total. The first-order valence-corrected chi connectivity index (χ1v) is 12.1. The zero-order valence-electron chi connectivity index (χ0n) is 20.4. The van der Waals surface area contributed by atoms with Gasteiger partial charge in [0.15, 0.2) is 0 Å². The van der Waals surface area contributed by atoms with Crippen molar-refractivity contribution in [2.24, 2.45) is 0 Å². The van der Waals surface area contributed by atoms with E-state index in [1.165, 1.54) is 51.4 Å². The van der Waals surface area contributed by atoms with E-state index in [9.17, 15) is 19.8 Å². The van der Waals surface area contributed by atoms with E-state index in [0.29, 0.717) is 11.1 Å². The SMILES string of the molecule is CCCCCCCc1ccccc1C(=O)[O-].CCCCCCCc1ccccc1C(=O)[O-].[Zn+2]. The molecular weight excluding hydrogens is 466 g/mol. The Bertz CT molecular complexity index is 736. The van der Waals surface area contributed by atoms with Gasteiger partial charge in [-0.05, 0) is 36.8 Å². The summed E-state index contributed by atoms with van der Waals surface area (Å²) in [5, 5.41) is 21.7. The maximum absolute atomic E-state index is 10.8. The summed E-state index contributed by atoms with van der Waals surface area (Å²) in [4.78, 5) is 21.7. The molecule has 0 atom stereocenters. The number of aromatic carboxylic acids is 2. The third-order valence-corrected chi connectivity index (χ3v) is 5.57. The normalized spacial score (nSPS) is 10.0. The van der Waals surface area contributed by atoms with Gasteiger partial charge in [0, 0.05) is 11.1 Å². The van der Waals surface area contributed by atoms with E-state index in [-0.39, 0.29) is 19.5 Å².